The molecule has 4 amide bonds. The number of nitrogens with zero attached hydrogens (tertiary/aromatic N) is 2. The molecular weight excluding hydrogens is 364 g/mol. The third kappa shape index (κ3) is 4.00. The average Bonchev–Trinajstić information content (AvgIpc) is 3.20. The Morgan fingerprint density at radius 2 is 2.07 bits per heavy atom. The van der Waals surface area contributed by atoms with Gasteiger partial charge in [-0.25, -0.2) is 9.69 Å². The molecule has 8 heteroatoms. The standard InChI is InChI=1S/C19H22N4O3S/c1-12(23-17(25)19(2,3)22-18(23)26)16(24)21-15(11-13-7-6-10-27-13)14-8-4-5-9-20-14/h4-10,12,15H,11H2,1-3H3,(H,21,24)(H,22,26)/t12-,15-/m0/s1. The number of hydrogen-bond acceptors (Lipinski definition) is 5. The molecule has 1 aliphatic heterocycles. The fourth-order valence-corrected chi connectivity index (χ4v) is 3.73. The molecule has 0 aliphatic carbocycles. The lowest BCUT2D eigenvalue weighted by Crippen LogP contribution is -2.50. The van der Waals surface area contributed by atoms with E-state index in [1.165, 1.54) is 0 Å². The third-order valence-corrected chi connectivity index (χ3v) is 5.40. The van der Waals surface area contributed by atoms with Crippen LogP contribution in [0.5, 0.6) is 0 Å². The quantitative estimate of drug-likeness (QED) is 0.745. The van der Waals surface area contributed by atoms with Gasteiger partial charge in [-0.2, -0.15) is 0 Å². The molecule has 0 unspecified atom stereocenters. The van der Waals surface area contributed by atoms with Crippen molar-refractivity contribution in [2.45, 2.75) is 44.8 Å². The minimum absolute atomic E-state index is 0.353. The van der Waals surface area contributed by atoms with Gasteiger partial charge in [0.25, 0.3) is 5.91 Å². The summed E-state index contributed by atoms with van der Waals surface area (Å²) < 4.78 is 0. The van der Waals surface area contributed by atoms with Crippen LogP contribution in [0.2, 0.25) is 0 Å². The van der Waals surface area contributed by atoms with Crippen molar-refractivity contribution in [2.24, 2.45) is 0 Å². The van der Waals surface area contributed by atoms with Crippen LogP contribution in [0.25, 0.3) is 0 Å². The van der Waals surface area contributed by atoms with Crippen LogP contribution in [0, 0.1) is 0 Å². The van der Waals surface area contributed by atoms with Gasteiger partial charge in [0.2, 0.25) is 5.91 Å². The van der Waals surface area contributed by atoms with Gasteiger partial charge in [0, 0.05) is 17.5 Å². The van der Waals surface area contributed by atoms with Crippen LogP contribution in [0.4, 0.5) is 4.79 Å². The summed E-state index contributed by atoms with van der Waals surface area (Å²) in [7, 11) is 0. The monoisotopic (exact) mass is 386 g/mol. The molecule has 0 spiro atoms. The van der Waals surface area contributed by atoms with E-state index in [2.05, 4.69) is 15.6 Å². The van der Waals surface area contributed by atoms with Crippen LogP contribution in [-0.2, 0) is 16.0 Å². The van der Waals surface area contributed by atoms with Crippen molar-refractivity contribution in [1.29, 1.82) is 0 Å². The summed E-state index contributed by atoms with van der Waals surface area (Å²) in [5, 5.41) is 7.52. The molecule has 1 saturated heterocycles. The SMILES string of the molecule is C[C@@H](C(=O)N[C@@H](Cc1cccs1)c1ccccn1)N1C(=O)NC(C)(C)C1=O. The minimum atomic E-state index is -1.01. The predicted octanol–water partition coefficient (Wildman–Crippen LogP) is 2.26. The summed E-state index contributed by atoms with van der Waals surface area (Å²) >= 11 is 1.60. The van der Waals surface area contributed by atoms with Gasteiger partial charge in [-0.3, -0.25) is 14.6 Å². The number of carbonyl (C=O) groups excluding carboxylic acids is 3. The van der Waals surface area contributed by atoms with Crippen molar-refractivity contribution in [3.05, 3.63) is 52.5 Å². The van der Waals surface area contributed by atoms with Crippen LogP contribution >= 0.6 is 11.3 Å². The summed E-state index contributed by atoms with van der Waals surface area (Å²) in [5.41, 5.74) is -0.285. The molecule has 0 bridgehead atoms. The Balaban J connectivity index is 1.78. The lowest BCUT2D eigenvalue weighted by Gasteiger charge is -2.25. The highest BCUT2D eigenvalue weighted by Crippen LogP contribution is 2.22. The minimum Gasteiger partial charge on any atom is -0.346 e. The molecule has 2 atom stereocenters. The molecule has 0 aromatic carbocycles. The third-order valence-electron chi connectivity index (χ3n) is 4.51. The largest absolute Gasteiger partial charge is 0.346 e. The number of carbonyl (C=O) groups is 3. The zero-order valence-corrected chi connectivity index (χ0v) is 16.2. The molecule has 27 heavy (non-hydrogen) atoms. The van der Waals surface area contributed by atoms with Crippen LogP contribution in [0.3, 0.4) is 0 Å². The zero-order chi connectivity index (χ0) is 19.6. The molecule has 0 saturated carbocycles. The second kappa shape index (κ2) is 7.48. The van der Waals surface area contributed by atoms with Gasteiger partial charge in [0.05, 0.1) is 11.7 Å². The van der Waals surface area contributed by atoms with Gasteiger partial charge < -0.3 is 10.6 Å². The van der Waals surface area contributed by atoms with Crippen LogP contribution in [0.1, 0.15) is 37.4 Å². The van der Waals surface area contributed by atoms with Crippen LogP contribution in [0.15, 0.2) is 41.9 Å². The first-order valence-electron chi connectivity index (χ1n) is 8.69. The molecule has 1 fully saturated rings. The second-order valence-corrected chi connectivity index (χ2v) is 8.04. The van der Waals surface area contributed by atoms with Gasteiger partial charge in [0.1, 0.15) is 11.6 Å². The van der Waals surface area contributed by atoms with Crippen molar-refractivity contribution in [1.82, 2.24) is 20.5 Å². The number of rotatable bonds is 6. The Morgan fingerprint density at radius 3 is 2.63 bits per heavy atom. The Labute approximate surface area is 161 Å². The molecule has 3 rings (SSSR count). The van der Waals surface area contributed by atoms with Crippen LogP contribution < -0.4 is 10.6 Å². The summed E-state index contributed by atoms with van der Waals surface area (Å²) in [6.07, 6.45) is 2.26. The van der Waals surface area contributed by atoms with Gasteiger partial charge in [-0.05, 0) is 44.4 Å². The number of thiophene rings is 1. The van der Waals surface area contributed by atoms with E-state index in [4.69, 9.17) is 0 Å². The summed E-state index contributed by atoms with van der Waals surface area (Å²) in [6.45, 7) is 4.78. The molecule has 0 radical (unpaired) electrons. The molecule has 3 heterocycles. The van der Waals surface area contributed by atoms with Gasteiger partial charge in [-0.1, -0.05) is 12.1 Å². The van der Waals surface area contributed by atoms with E-state index in [0.717, 1.165) is 15.5 Å². The smallest absolute Gasteiger partial charge is 0.325 e. The maximum Gasteiger partial charge on any atom is 0.325 e. The molecule has 2 N–H and O–H groups in total. The highest BCUT2D eigenvalue weighted by Gasteiger charge is 2.48. The fraction of sp³-hybridized carbons (Fsp3) is 0.368. The molecule has 7 nitrogen and oxygen atoms in total. The molecular formula is C19H22N4O3S. The lowest BCUT2D eigenvalue weighted by atomic mass is 10.1. The predicted molar refractivity (Wildman–Crippen MR) is 102 cm³/mol. The zero-order valence-electron chi connectivity index (χ0n) is 15.4. The van der Waals surface area contributed by atoms with Gasteiger partial charge >= 0.3 is 6.03 Å². The Kier molecular flexibility index (Phi) is 5.27. The van der Waals surface area contributed by atoms with E-state index in [1.807, 2.05) is 35.7 Å². The van der Waals surface area contributed by atoms with E-state index in [9.17, 15) is 14.4 Å². The summed E-state index contributed by atoms with van der Waals surface area (Å²) in [5.74, 6) is -0.814. The van der Waals surface area contributed by atoms with Crippen molar-refractivity contribution in [3.8, 4) is 0 Å². The molecule has 2 aromatic heterocycles. The molecule has 2 aromatic rings. The number of nitrogens with one attached hydrogen (secondary N) is 2. The van der Waals surface area contributed by atoms with E-state index in [0.29, 0.717) is 6.42 Å². The van der Waals surface area contributed by atoms with Crippen molar-refractivity contribution >= 4 is 29.2 Å². The van der Waals surface area contributed by atoms with Crippen molar-refractivity contribution in [3.63, 3.8) is 0 Å². The van der Waals surface area contributed by atoms with E-state index >= 15 is 0 Å². The van der Waals surface area contributed by atoms with Crippen LogP contribution in [-0.4, -0.2) is 39.3 Å². The first-order valence-corrected chi connectivity index (χ1v) is 9.57. The topological polar surface area (TPSA) is 91.4 Å². The number of imide groups is 1. The lowest BCUT2D eigenvalue weighted by molar-refractivity contribution is -0.137. The molecule has 142 valence electrons. The maximum absolute atomic E-state index is 12.8. The summed E-state index contributed by atoms with van der Waals surface area (Å²) in [6, 6.07) is 7.64. The molecule has 1 aliphatic rings. The second-order valence-electron chi connectivity index (χ2n) is 7.01. The van der Waals surface area contributed by atoms with Crippen molar-refractivity contribution in [2.75, 3.05) is 0 Å². The number of hydrogen-bond donors (Lipinski definition) is 2. The first kappa shape index (κ1) is 19.0. The normalized spacial score (nSPS) is 18.1. The highest BCUT2D eigenvalue weighted by atomic mass is 32.1. The van der Waals surface area contributed by atoms with E-state index < -0.39 is 29.4 Å². The van der Waals surface area contributed by atoms with Crippen molar-refractivity contribution < 1.29 is 14.4 Å². The van der Waals surface area contributed by atoms with Gasteiger partial charge in [-0.15, -0.1) is 11.3 Å². The number of pyridine rings is 1. The maximum atomic E-state index is 12.8. The Hall–Kier alpha value is -2.74. The van der Waals surface area contributed by atoms with Gasteiger partial charge in [0.15, 0.2) is 0 Å². The summed E-state index contributed by atoms with van der Waals surface area (Å²) in [4.78, 5) is 43.9. The first-order chi connectivity index (χ1) is 12.8. The van der Waals surface area contributed by atoms with E-state index in [-0.39, 0.29) is 6.04 Å². The van der Waals surface area contributed by atoms with E-state index in [1.54, 1.807) is 38.3 Å². The average molecular weight is 386 g/mol. The Morgan fingerprint density at radius 1 is 1.30 bits per heavy atom. The number of amides is 4. The number of aromatic nitrogens is 1. The number of urea groups is 1. The Bertz CT molecular complexity index is 836. The fourth-order valence-electron chi connectivity index (χ4n) is 2.98. The highest BCUT2D eigenvalue weighted by molar-refractivity contribution is 7.09.